The summed E-state index contributed by atoms with van der Waals surface area (Å²) in [6.45, 7) is 1.54. The first kappa shape index (κ1) is 10.1. The van der Waals surface area contributed by atoms with Crippen molar-refractivity contribution < 1.29 is 24.5 Å². The van der Waals surface area contributed by atoms with Crippen LogP contribution in [0.4, 0.5) is 0 Å². The van der Waals surface area contributed by atoms with E-state index in [1.807, 2.05) is 0 Å². The van der Waals surface area contributed by atoms with Gasteiger partial charge in [0, 0.05) is 5.92 Å². The molecule has 1 rings (SSSR count). The average Bonchev–Trinajstić information content (AvgIpc) is 2.86. The summed E-state index contributed by atoms with van der Waals surface area (Å²) in [5.74, 6) is -5.48. The summed E-state index contributed by atoms with van der Waals surface area (Å²) in [5.41, 5.74) is 0. The molecule has 0 spiro atoms. The summed E-state index contributed by atoms with van der Waals surface area (Å²) in [6, 6.07) is 0. The van der Waals surface area contributed by atoms with E-state index in [0.717, 1.165) is 0 Å². The molecule has 0 aromatic carbocycles. The van der Waals surface area contributed by atoms with E-state index in [0.29, 0.717) is 12.8 Å². The predicted molar refractivity (Wildman–Crippen MR) is 41.5 cm³/mol. The second kappa shape index (κ2) is 3.43. The van der Waals surface area contributed by atoms with Crippen LogP contribution in [0.2, 0.25) is 0 Å². The van der Waals surface area contributed by atoms with E-state index in [2.05, 4.69) is 4.74 Å². The highest BCUT2D eigenvalue weighted by Gasteiger charge is 2.50. The first-order chi connectivity index (χ1) is 6.00. The van der Waals surface area contributed by atoms with Crippen LogP contribution in [0.5, 0.6) is 0 Å². The number of rotatable bonds is 4. The Morgan fingerprint density at radius 3 is 2.38 bits per heavy atom. The maximum absolute atomic E-state index is 11.1. The van der Waals surface area contributed by atoms with Crippen LogP contribution in [0.3, 0.4) is 0 Å². The quantitative estimate of drug-likeness (QED) is 0.343. The molecule has 0 unspecified atom stereocenters. The van der Waals surface area contributed by atoms with Crippen LogP contribution in [-0.2, 0) is 14.3 Å². The molecule has 1 saturated carbocycles. The molecule has 2 N–H and O–H groups in total. The van der Waals surface area contributed by atoms with Crippen LogP contribution in [0.15, 0.2) is 0 Å². The molecule has 0 amide bonds. The lowest BCUT2D eigenvalue weighted by molar-refractivity contribution is -0.209. The number of esters is 1. The predicted octanol–water partition coefficient (Wildman–Crippen LogP) is -0.791. The molecule has 0 heterocycles. The number of hydrogen-bond donors (Lipinski definition) is 2. The molecule has 0 aliphatic heterocycles. The maximum atomic E-state index is 11.1. The zero-order valence-electron chi connectivity index (χ0n) is 7.32. The monoisotopic (exact) mass is 188 g/mol. The van der Waals surface area contributed by atoms with Gasteiger partial charge in [-0.1, -0.05) is 0 Å². The highest BCUT2D eigenvalue weighted by atomic mass is 16.6. The maximum Gasteiger partial charge on any atom is 0.374 e. The van der Waals surface area contributed by atoms with Crippen molar-refractivity contribution in [1.29, 1.82) is 0 Å². The molecule has 0 bridgehead atoms. The highest BCUT2D eigenvalue weighted by molar-refractivity contribution is 6.06. The SMILES string of the molecule is CCOC(=O)C(O)(O)C(=O)C1CC1. The summed E-state index contributed by atoms with van der Waals surface area (Å²) in [4.78, 5) is 22.0. The van der Waals surface area contributed by atoms with Gasteiger partial charge in [0.2, 0.25) is 5.78 Å². The minimum absolute atomic E-state index is 0.0135. The fourth-order valence-corrected chi connectivity index (χ4v) is 0.962. The van der Waals surface area contributed by atoms with E-state index in [4.69, 9.17) is 10.2 Å². The van der Waals surface area contributed by atoms with Crippen LogP contribution < -0.4 is 0 Å². The Labute approximate surface area is 75.3 Å². The van der Waals surface area contributed by atoms with Crippen molar-refractivity contribution in [3.05, 3.63) is 0 Å². The molecular weight excluding hydrogens is 176 g/mol. The molecule has 0 atom stereocenters. The Morgan fingerprint density at radius 2 is 2.00 bits per heavy atom. The third-order valence-electron chi connectivity index (χ3n) is 1.85. The Morgan fingerprint density at radius 1 is 1.46 bits per heavy atom. The number of ether oxygens (including phenoxy) is 1. The number of carbonyl (C=O) groups is 2. The normalized spacial score (nSPS) is 16.8. The topological polar surface area (TPSA) is 83.8 Å². The van der Waals surface area contributed by atoms with Gasteiger partial charge in [0.15, 0.2) is 0 Å². The fourth-order valence-electron chi connectivity index (χ4n) is 0.962. The third kappa shape index (κ3) is 2.05. The largest absolute Gasteiger partial charge is 0.462 e. The molecule has 5 heteroatoms. The van der Waals surface area contributed by atoms with Gasteiger partial charge in [0.25, 0.3) is 0 Å². The van der Waals surface area contributed by atoms with Gasteiger partial charge in [0.05, 0.1) is 6.61 Å². The molecule has 0 aromatic heterocycles. The van der Waals surface area contributed by atoms with Crippen LogP contribution in [0, 0.1) is 5.92 Å². The Kier molecular flexibility index (Phi) is 2.68. The number of ketones is 1. The number of hydrogen-bond acceptors (Lipinski definition) is 5. The Balaban J connectivity index is 2.62. The molecule has 1 fully saturated rings. The van der Waals surface area contributed by atoms with E-state index in [1.54, 1.807) is 0 Å². The van der Waals surface area contributed by atoms with Crippen molar-refractivity contribution in [2.45, 2.75) is 25.6 Å². The van der Waals surface area contributed by atoms with E-state index in [-0.39, 0.29) is 12.5 Å². The van der Waals surface area contributed by atoms with Crippen LogP contribution >= 0.6 is 0 Å². The third-order valence-corrected chi connectivity index (χ3v) is 1.85. The van der Waals surface area contributed by atoms with Gasteiger partial charge in [-0.15, -0.1) is 0 Å². The molecule has 0 aromatic rings. The molecule has 0 saturated heterocycles. The zero-order chi connectivity index (χ0) is 10.1. The van der Waals surface area contributed by atoms with E-state index in [9.17, 15) is 9.59 Å². The summed E-state index contributed by atoms with van der Waals surface area (Å²) in [5, 5.41) is 18.2. The molecule has 13 heavy (non-hydrogen) atoms. The minimum atomic E-state index is -2.95. The van der Waals surface area contributed by atoms with E-state index < -0.39 is 17.5 Å². The van der Waals surface area contributed by atoms with Crippen molar-refractivity contribution in [3.8, 4) is 0 Å². The van der Waals surface area contributed by atoms with Gasteiger partial charge in [-0.05, 0) is 19.8 Å². The summed E-state index contributed by atoms with van der Waals surface area (Å²) < 4.78 is 4.35. The van der Waals surface area contributed by atoms with Crippen molar-refractivity contribution in [2.24, 2.45) is 5.92 Å². The Hall–Kier alpha value is -0.940. The molecule has 1 aliphatic rings. The number of Topliss-reactive ketones (excluding diaryl/α,β-unsaturated/α-hetero) is 1. The lowest BCUT2D eigenvalue weighted by Gasteiger charge is -2.17. The Bertz CT molecular complexity index is 229. The molecule has 1 aliphatic carbocycles. The standard InChI is InChI=1S/C8H12O5/c1-2-13-7(10)8(11,12)6(9)5-3-4-5/h5,11-12H,2-4H2,1H3. The molecular formula is C8H12O5. The lowest BCUT2D eigenvalue weighted by atomic mass is 10.1. The van der Waals surface area contributed by atoms with Crippen molar-refractivity contribution in [2.75, 3.05) is 6.61 Å². The van der Waals surface area contributed by atoms with Crippen molar-refractivity contribution in [3.63, 3.8) is 0 Å². The first-order valence-corrected chi connectivity index (χ1v) is 4.16. The van der Waals surface area contributed by atoms with E-state index >= 15 is 0 Å². The highest BCUT2D eigenvalue weighted by Crippen LogP contribution is 2.33. The smallest absolute Gasteiger partial charge is 0.374 e. The summed E-state index contributed by atoms with van der Waals surface area (Å²) >= 11 is 0. The van der Waals surface area contributed by atoms with E-state index in [1.165, 1.54) is 6.92 Å². The van der Waals surface area contributed by atoms with Crippen LogP contribution in [0.25, 0.3) is 0 Å². The lowest BCUT2D eigenvalue weighted by Crippen LogP contribution is -2.48. The summed E-state index contributed by atoms with van der Waals surface area (Å²) in [7, 11) is 0. The second-order valence-corrected chi connectivity index (χ2v) is 3.03. The van der Waals surface area contributed by atoms with Crippen LogP contribution in [-0.4, -0.2) is 34.4 Å². The van der Waals surface area contributed by atoms with Crippen molar-refractivity contribution >= 4 is 11.8 Å². The molecule has 0 radical (unpaired) electrons. The van der Waals surface area contributed by atoms with Gasteiger partial charge < -0.3 is 14.9 Å². The van der Waals surface area contributed by atoms with Crippen molar-refractivity contribution in [1.82, 2.24) is 0 Å². The first-order valence-electron chi connectivity index (χ1n) is 4.16. The van der Waals surface area contributed by atoms with Gasteiger partial charge in [-0.2, -0.15) is 0 Å². The average molecular weight is 188 g/mol. The molecule has 74 valence electrons. The fraction of sp³-hybridized carbons (Fsp3) is 0.750. The number of aliphatic hydroxyl groups is 2. The number of carbonyl (C=O) groups excluding carboxylic acids is 2. The van der Waals surface area contributed by atoms with Gasteiger partial charge in [0.1, 0.15) is 0 Å². The van der Waals surface area contributed by atoms with Gasteiger partial charge in [-0.3, -0.25) is 4.79 Å². The minimum Gasteiger partial charge on any atom is -0.462 e. The second-order valence-electron chi connectivity index (χ2n) is 3.03. The van der Waals surface area contributed by atoms with Gasteiger partial charge >= 0.3 is 11.8 Å². The van der Waals surface area contributed by atoms with Gasteiger partial charge in [-0.25, -0.2) is 4.79 Å². The summed E-state index contributed by atoms with van der Waals surface area (Å²) in [6.07, 6.45) is 1.22. The molecule has 5 nitrogen and oxygen atoms in total. The van der Waals surface area contributed by atoms with Crippen LogP contribution in [0.1, 0.15) is 19.8 Å². The zero-order valence-corrected chi connectivity index (χ0v) is 7.32.